The third kappa shape index (κ3) is 2.99. The lowest BCUT2D eigenvalue weighted by molar-refractivity contribution is -0.131. The minimum atomic E-state index is -0.298. The van der Waals surface area contributed by atoms with Gasteiger partial charge in [-0.2, -0.15) is 0 Å². The van der Waals surface area contributed by atoms with Crippen LogP contribution in [0.2, 0.25) is 0 Å². The predicted molar refractivity (Wildman–Crippen MR) is 68.9 cm³/mol. The van der Waals surface area contributed by atoms with Crippen LogP contribution in [-0.4, -0.2) is 35.8 Å². The van der Waals surface area contributed by atoms with Gasteiger partial charge in [0, 0.05) is 19.0 Å². The molecule has 17 heavy (non-hydrogen) atoms. The maximum absolute atomic E-state index is 12.1. The van der Waals surface area contributed by atoms with E-state index >= 15 is 0 Å². The van der Waals surface area contributed by atoms with Gasteiger partial charge in [0.05, 0.1) is 5.84 Å². The minimum absolute atomic E-state index is 0.142. The van der Waals surface area contributed by atoms with Crippen molar-refractivity contribution < 1.29 is 4.79 Å². The van der Waals surface area contributed by atoms with Gasteiger partial charge in [-0.25, -0.2) is 0 Å². The van der Waals surface area contributed by atoms with Gasteiger partial charge in [-0.05, 0) is 32.6 Å². The number of likely N-dealkylation sites (tertiary alicyclic amines) is 1. The summed E-state index contributed by atoms with van der Waals surface area (Å²) in [5, 5.41) is 0. The fourth-order valence-corrected chi connectivity index (χ4v) is 2.81. The van der Waals surface area contributed by atoms with Crippen LogP contribution in [0.1, 0.15) is 45.4 Å². The SMILES string of the molecule is CC(N=C(N)C1CCCC1)C(=O)N1CCCC1. The zero-order chi connectivity index (χ0) is 12.3. The highest BCUT2D eigenvalue weighted by Gasteiger charge is 2.25. The molecule has 1 saturated carbocycles. The summed E-state index contributed by atoms with van der Waals surface area (Å²) in [5.41, 5.74) is 6.00. The number of carbonyl (C=O) groups is 1. The Bertz CT molecular complexity index is 302. The Morgan fingerprint density at radius 3 is 2.41 bits per heavy atom. The summed E-state index contributed by atoms with van der Waals surface area (Å²) in [7, 11) is 0. The van der Waals surface area contributed by atoms with Crippen molar-refractivity contribution in [1.29, 1.82) is 0 Å². The van der Waals surface area contributed by atoms with E-state index < -0.39 is 0 Å². The largest absolute Gasteiger partial charge is 0.387 e. The first-order chi connectivity index (χ1) is 8.18. The number of amides is 1. The molecular weight excluding hydrogens is 214 g/mol. The lowest BCUT2D eigenvalue weighted by Crippen LogP contribution is -2.36. The molecule has 1 saturated heterocycles. The number of rotatable bonds is 3. The maximum atomic E-state index is 12.1. The molecule has 0 bridgehead atoms. The smallest absolute Gasteiger partial charge is 0.247 e. The van der Waals surface area contributed by atoms with Crippen molar-refractivity contribution in [1.82, 2.24) is 4.90 Å². The van der Waals surface area contributed by atoms with Gasteiger partial charge >= 0.3 is 0 Å². The van der Waals surface area contributed by atoms with Crippen LogP contribution >= 0.6 is 0 Å². The van der Waals surface area contributed by atoms with Crippen LogP contribution in [0.15, 0.2) is 4.99 Å². The molecule has 2 aliphatic rings. The standard InChI is InChI=1S/C13H23N3O/c1-10(13(17)16-8-4-5-9-16)15-12(14)11-6-2-3-7-11/h10-11H,2-9H2,1H3,(H2,14,15). The van der Waals surface area contributed by atoms with Crippen LogP contribution in [0.4, 0.5) is 0 Å². The van der Waals surface area contributed by atoms with Crippen molar-refractivity contribution >= 4 is 11.7 Å². The molecule has 0 radical (unpaired) electrons. The van der Waals surface area contributed by atoms with E-state index in [0.717, 1.165) is 38.8 Å². The summed E-state index contributed by atoms with van der Waals surface area (Å²) < 4.78 is 0. The van der Waals surface area contributed by atoms with E-state index in [1.165, 1.54) is 12.8 Å². The summed E-state index contributed by atoms with van der Waals surface area (Å²) >= 11 is 0. The van der Waals surface area contributed by atoms with E-state index in [0.29, 0.717) is 11.8 Å². The lowest BCUT2D eigenvalue weighted by Gasteiger charge is -2.19. The summed E-state index contributed by atoms with van der Waals surface area (Å²) in [6.45, 7) is 3.65. The van der Waals surface area contributed by atoms with Gasteiger partial charge < -0.3 is 10.6 Å². The molecule has 2 N–H and O–H groups in total. The molecule has 1 heterocycles. The average molecular weight is 237 g/mol. The van der Waals surface area contributed by atoms with Gasteiger partial charge in [0.25, 0.3) is 0 Å². The van der Waals surface area contributed by atoms with Crippen LogP contribution < -0.4 is 5.73 Å². The molecule has 96 valence electrons. The number of nitrogens with two attached hydrogens (primary N) is 1. The van der Waals surface area contributed by atoms with E-state index in [-0.39, 0.29) is 11.9 Å². The fourth-order valence-electron chi connectivity index (χ4n) is 2.81. The molecule has 1 aliphatic carbocycles. The lowest BCUT2D eigenvalue weighted by atomic mass is 10.1. The third-order valence-corrected chi connectivity index (χ3v) is 3.89. The number of carbonyl (C=O) groups excluding carboxylic acids is 1. The van der Waals surface area contributed by atoms with E-state index in [1.807, 2.05) is 11.8 Å². The van der Waals surface area contributed by atoms with Gasteiger partial charge in [-0.1, -0.05) is 12.8 Å². The second-order valence-electron chi connectivity index (χ2n) is 5.24. The zero-order valence-corrected chi connectivity index (χ0v) is 10.7. The molecule has 2 rings (SSSR count). The Labute approximate surface area is 103 Å². The van der Waals surface area contributed by atoms with Crippen molar-refractivity contribution in [2.75, 3.05) is 13.1 Å². The molecule has 1 unspecified atom stereocenters. The van der Waals surface area contributed by atoms with Gasteiger partial charge in [0.1, 0.15) is 6.04 Å². The first kappa shape index (κ1) is 12.4. The minimum Gasteiger partial charge on any atom is -0.387 e. The second-order valence-corrected chi connectivity index (χ2v) is 5.24. The van der Waals surface area contributed by atoms with E-state index in [9.17, 15) is 4.79 Å². The Kier molecular flexibility index (Phi) is 4.02. The monoisotopic (exact) mass is 237 g/mol. The summed E-state index contributed by atoms with van der Waals surface area (Å²) in [6, 6.07) is -0.298. The Hall–Kier alpha value is -1.06. The molecule has 0 aromatic carbocycles. The third-order valence-electron chi connectivity index (χ3n) is 3.89. The quantitative estimate of drug-likeness (QED) is 0.598. The average Bonchev–Trinajstić information content (AvgIpc) is 3.00. The first-order valence-electron chi connectivity index (χ1n) is 6.80. The van der Waals surface area contributed by atoms with E-state index in [1.54, 1.807) is 0 Å². The summed E-state index contributed by atoms with van der Waals surface area (Å²) in [5.74, 6) is 1.26. The first-order valence-corrected chi connectivity index (χ1v) is 6.80. The van der Waals surface area contributed by atoms with E-state index in [2.05, 4.69) is 4.99 Å². The highest BCUT2D eigenvalue weighted by atomic mass is 16.2. The molecule has 4 heteroatoms. The van der Waals surface area contributed by atoms with Crippen LogP contribution in [0.3, 0.4) is 0 Å². The number of hydrogen-bond donors (Lipinski definition) is 1. The van der Waals surface area contributed by atoms with Crippen molar-refractivity contribution in [3.05, 3.63) is 0 Å². The zero-order valence-electron chi connectivity index (χ0n) is 10.7. The van der Waals surface area contributed by atoms with Crippen LogP contribution in [0, 0.1) is 5.92 Å². The molecule has 1 aliphatic heterocycles. The Morgan fingerprint density at radius 2 is 1.82 bits per heavy atom. The number of nitrogens with zero attached hydrogens (tertiary/aromatic N) is 2. The molecule has 1 atom stereocenters. The molecule has 4 nitrogen and oxygen atoms in total. The van der Waals surface area contributed by atoms with Gasteiger partial charge in [0.2, 0.25) is 5.91 Å². The molecular formula is C13H23N3O. The van der Waals surface area contributed by atoms with Crippen molar-refractivity contribution in [3.63, 3.8) is 0 Å². The van der Waals surface area contributed by atoms with Gasteiger partial charge in [-0.15, -0.1) is 0 Å². The van der Waals surface area contributed by atoms with Gasteiger partial charge in [-0.3, -0.25) is 9.79 Å². The predicted octanol–water partition coefficient (Wildman–Crippen LogP) is 1.54. The summed E-state index contributed by atoms with van der Waals surface area (Å²) in [6.07, 6.45) is 7.02. The van der Waals surface area contributed by atoms with Gasteiger partial charge in [0.15, 0.2) is 0 Å². The molecule has 2 fully saturated rings. The molecule has 0 aromatic heterocycles. The molecule has 0 spiro atoms. The topological polar surface area (TPSA) is 58.7 Å². The molecule has 1 amide bonds. The van der Waals surface area contributed by atoms with Crippen molar-refractivity contribution in [2.24, 2.45) is 16.6 Å². The van der Waals surface area contributed by atoms with Crippen LogP contribution in [0.5, 0.6) is 0 Å². The van der Waals surface area contributed by atoms with E-state index in [4.69, 9.17) is 5.73 Å². The van der Waals surface area contributed by atoms with Crippen molar-refractivity contribution in [2.45, 2.75) is 51.5 Å². The number of hydrogen-bond acceptors (Lipinski definition) is 2. The normalized spacial score (nSPS) is 24.3. The molecule has 0 aromatic rings. The Morgan fingerprint density at radius 1 is 1.24 bits per heavy atom. The number of amidine groups is 1. The number of aliphatic imine (C=N–C) groups is 1. The van der Waals surface area contributed by atoms with Crippen LogP contribution in [-0.2, 0) is 4.79 Å². The maximum Gasteiger partial charge on any atom is 0.247 e. The Balaban J connectivity index is 1.91. The van der Waals surface area contributed by atoms with Crippen LogP contribution in [0.25, 0.3) is 0 Å². The van der Waals surface area contributed by atoms with Crippen molar-refractivity contribution in [3.8, 4) is 0 Å². The fraction of sp³-hybridized carbons (Fsp3) is 0.846. The second kappa shape index (κ2) is 5.52. The summed E-state index contributed by atoms with van der Waals surface area (Å²) in [4.78, 5) is 18.4. The highest BCUT2D eigenvalue weighted by Crippen LogP contribution is 2.25. The highest BCUT2D eigenvalue weighted by molar-refractivity contribution is 5.88.